The van der Waals surface area contributed by atoms with Crippen molar-refractivity contribution in [2.24, 2.45) is 0 Å². The molecule has 0 saturated carbocycles. The summed E-state index contributed by atoms with van der Waals surface area (Å²) in [6, 6.07) is 29.2. The zero-order valence-electron chi connectivity index (χ0n) is 21.2. The average molecular weight is 498 g/mol. The molecule has 3 aromatic carbocycles. The molecule has 0 aliphatic rings. The number of benzene rings is 3. The minimum atomic E-state index is -1.20. The van der Waals surface area contributed by atoms with Crippen LogP contribution in [0.5, 0.6) is 0 Å². The maximum Gasteiger partial charge on any atom is 0.408 e. The predicted molar refractivity (Wildman–Crippen MR) is 141 cm³/mol. The lowest BCUT2D eigenvalue weighted by atomic mass is 9.77. The lowest BCUT2D eigenvalue weighted by Gasteiger charge is -2.37. The fraction of sp³-hybridized carbons (Fsp3) is 0.233. The highest BCUT2D eigenvalue weighted by Gasteiger charge is 2.38. The minimum absolute atomic E-state index is 0.00394. The molecule has 1 amide bonds. The van der Waals surface area contributed by atoms with E-state index in [1.54, 1.807) is 27.1 Å². The van der Waals surface area contributed by atoms with Gasteiger partial charge in [-0.15, -0.1) is 0 Å². The van der Waals surface area contributed by atoms with E-state index in [9.17, 15) is 14.7 Å². The number of alkyl carbamates (subject to hydrolysis) is 1. The number of carboxylic acids is 1. The molecule has 190 valence electrons. The molecular weight excluding hydrogens is 466 g/mol. The Hall–Kier alpha value is -4.39. The van der Waals surface area contributed by atoms with Gasteiger partial charge in [-0.3, -0.25) is 0 Å². The Morgan fingerprint density at radius 1 is 0.865 bits per heavy atom. The van der Waals surface area contributed by atoms with E-state index in [4.69, 9.17) is 4.74 Å². The largest absolute Gasteiger partial charge is 0.480 e. The molecule has 0 spiro atoms. The van der Waals surface area contributed by atoms with Gasteiger partial charge < -0.3 is 19.7 Å². The summed E-state index contributed by atoms with van der Waals surface area (Å²) >= 11 is 0. The van der Waals surface area contributed by atoms with Crippen molar-refractivity contribution in [1.29, 1.82) is 0 Å². The van der Waals surface area contributed by atoms with Crippen molar-refractivity contribution in [2.75, 3.05) is 0 Å². The van der Waals surface area contributed by atoms with Gasteiger partial charge in [0.1, 0.15) is 17.2 Å². The van der Waals surface area contributed by atoms with Crippen LogP contribution in [-0.2, 0) is 21.5 Å². The molecule has 7 heteroatoms. The van der Waals surface area contributed by atoms with E-state index in [1.807, 2.05) is 65.4 Å². The molecule has 37 heavy (non-hydrogen) atoms. The van der Waals surface area contributed by atoms with E-state index >= 15 is 0 Å². The van der Waals surface area contributed by atoms with E-state index < -0.39 is 29.2 Å². The number of carbonyl (C=O) groups excluding carboxylic acids is 1. The summed E-state index contributed by atoms with van der Waals surface area (Å²) in [6.45, 7) is 5.17. The molecule has 1 heterocycles. The molecule has 0 bridgehead atoms. The number of nitrogens with one attached hydrogen (secondary N) is 1. The molecule has 0 aliphatic carbocycles. The topological polar surface area (TPSA) is 93.5 Å². The molecule has 2 N–H and O–H groups in total. The SMILES string of the molecule is CC(C)(C)OC(=O)NC(Cc1cn(C(c2ccccc2)(c2ccccc2)c2ccccc2)cn1)C(=O)O. The molecule has 4 aromatic rings. The van der Waals surface area contributed by atoms with E-state index in [1.165, 1.54) is 0 Å². The lowest BCUT2D eigenvalue weighted by molar-refractivity contribution is -0.139. The third kappa shape index (κ3) is 5.72. The summed E-state index contributed by atoms with van der Waals surface area (Å²) < 4.78 is 7.26. The van der Waals surface area contributed by atoms with Crippen LogP contribution in [-0.4, -0.2) is 38.4 Å². The summed E-state index contributed by atoms with van der Waals surface area (Å²) in [5.74, 6) is -1.17. The second kappa shape index (κ2) is 10.7. The Kier molecular flexibility index (Phi) is 7.43. The van der Waals surface area contributed by atoms with Gasteiger partial charge in [0.25, 0.3) is 0 Å². The van der Waals surface area contributed by atoms with Gasteiger partial charge in [-0.05, 0) is 37.5 Å². The van der Waals surface area contributed by atoms with Crippen LogP contribution < -0.4 is 5.32 Å². The average Bonchev–Trinajstić information content (AvgIpc) is 3.34. The Balaban J connectivity index is 1.78. The molecule has 7 nitrogen and oxygen atoms in total. The Morgan fingerprint density at radius 2 is 1.32 bits per heavy atom. The summed E-state index contributed by atoms with van der Waals surface area (Å²) in [7, 11) is 0. The number of imidazole rings is 1. The molecular formula is C30H31N3O4. The van der Waals surface area contributed by atoms with Crippen LogP contribution in [0, 0.1) is 0 Å². The van der Waals surface area contributed by atoms with E-state index in [2.05, 4.69) is 46.7 Å². The Morgan fingerprint density at radius 3 is 1.73 bits per heavy atom. The summed E-state index contributed by atoms with van der Waals surface area (Å²) in [5, 5.41) is 12.2. The summed E-state index contributed by atoms with van der Waals surface area (Å²) in [6.07, 6.45) is 2.77. The van der Waals surface area contributed by atoms with Crippen LogP contribution in [0.4, 0.5) is 4.79 Å². The number of aromatic nitrogens is 2. The zero-order chi connectivity index (χ0) is 26.5. The number of rotatable bonds is 8. The molecule has 4 rings (SSSR count). The number of hydrogen-bond donors (Lipinski definition) is 2. The van der Waals surface area contributed by atoms with Crippen molar-refractivity contribution >= 4 is 12.1 Å². The monoisotopic (exact) mass is 497 g/mol. The van der Waals surface area contributed by atoms with Crippen LogP contribution in [0.15, 0.2) is 104 Å². The van der Waals surface area contributed by atoms with Crippen molar-refractivity contribution < 1.29 is 19.4 Å². The van der Waals surface area contributed by atoms with Crippen LogP contribution >= 0.6 is 0 Å². The standard InChI is InChI=1S/C30H31N3O4/c1-29(2,3)37-28(36)32-26(27(34)35)19-25-20-33(21-31-25)30(22-13-7-4-8-14-22,23-15-9-5-10-16-23)24-17-11-6-12-18-24/h4-18,20-21,26H,19H2,1-3H3,(H,32,36)(H,34,35). The summed E-state index contributed by atoms with van der Waals surface area (Å²) in [4.78, 5) is 28.8. The van der Waals surface area contributed by atoms with Gasteiger partial charge in [-0.1, -0.05) is 91.0 Å². The second-order valence-electron chi connectivity index (χ2n) is 9.82. The first-order valence-electron chi connectivity index (χ1n) is 12.1. The third-order valence-electron chi connectivity index (χ3n) is 6.00. The maximum absolute atomic E-state index is 12.3. The second-order valence-corrected chi connectivity index (χ2v) is 9.82. The number of nitrogens with zero attached hydrogens (tertiary/aromatic N) is 2. The Bertz CT molecular complexity index is 1230. The molecule has 1 atom stereocenters. The normalized spacial score (nSPS) is 12.5. The number of hydrogen-bond acceptors (Lipinski definition) is 4. The van der Waals surface area contributed by atoms with Crippen LogP contribution in [0.1, 0.15) is 43.2 Å². The first-order valence-corrected chi connectivity index (χ1v) is 12.1. The molecule has 1 aromatic heterocycles. The van der Waals surface area contributed by atoms with Crippen molar-refractivity contribution in [3.63, 3.8) is 0 Å². The maximum atomic E-state index is 12.3. The van der Waals surface area contributed by atoms with Gasteiger partial charge in [0, 0.05) is 12.6 Å². The fourth-order valence-corrected chi connectivity index (χ4v) is 4.50. The zero-order valence-corrected chi connectivity index (χ0v) is 21.2. The fourth-order valence-electron chi connectivity index (χ4n) is 4.50. The van der Waals surface area contributed by atoms with Gasteiger partial charge in [0.05, 0.1) is 12.0 Å². The lowest BCUT2D eigenvalue weighted by Crippen LogP contribution is -2.44. The molecule has 0 aliphatic heterocycles. The minimum Gasteiger partial charge on any atom is -0.480 e. The van der Waals surface area contributed by atoms with Crippen LogP contribution in [0.3, 0.4) is 0 Å². The molecule has 0 fully saturated rings. The van der Waals surface area contributed by atoms with Crippen molar-refractivity contribution in [2.45, 2.75) is 44.4 Å². The predicted octanol–water partition coefficient (Wildman–Crippen LogP) is 5.24. The first kappa shape index (κ1) is 25.7. The quantitative estimate of drug-likeness (QED) is 0.325. The van der Waals surface area contributed by atoms with Crippen LogP contribution in [0.25, 0.3) is 0 Å². The Labute approximate surface area is 216 Å². The number of carbonyl (C=O) groups is 2. The van der Waals surface area contributed by atoms with Crippen molar-refractivity contribution in [3.8, 4) is 0 Å². The molecule has 0 radical (unpaired) electrons. The molecule has 0 saturated heterocycles. The highest BCUT2D eigenvalue weighted by atomic mass is 16.6. The van der Waals surface area contributed by atoms with Gasteiger partial charge in [-0.2, -0.15) is 0 Å². The third-order valence-corrected chi connectivity index (χ3v) is 6.00. The van der Waals surface area contributed by atoms with E-state index in [0.717, 1.165) is 16.7 Å². The molecule has 1 unspecified atom stereocenters. The van der Waals surface area contributed by atoms with Gasteiger partial charge >= 0.3 is 12.1 Å². The summed E-state index contributed by atoms with van der Waals surface area (Å²) in [5.41, 5.74) is 2.10. The van der Waals surface area contributed by atoms with Gasteiger partial charge in [0.15, 0.2) is 0 Å². The van der Waals surface area contributed by atoms with Crippen molar-refractivity contribution in [3.05, 3.63) is 126 Å². The van der Waals surface area contributed by atoms with Crippen molar-refractivity contribution in [1.82, 2.24) is 14.9 Å². The number of carboxylic acid groups (broad SMARTS) is 1. The number of ether oxygens (including phenoxy) is 1. The van der Waals surface area contributed by atoms with Gasteiger partial charge in [0.2, 0.25) is 0 Å². The number of aliphatic carboxylic acids is 1. The number of amides is 1. The first-order chi connectivity index (χ1) is 17.7. The van der Waals surface area contributed by atoms with Crippen LogP contribution in [0.2, 0.25) is 0 Å². The highest BCUT2D eigenvalue weighted by molar-refractivity contribution is 5.80. The van der Waals surface area contributed by atoms with E-state index in [0.29, 0.717) is 5.69 Å². The smallest absolute Gasteiger partial charge is 0.408 e. The highest BCUT2D eigenvalue weighted by Crippen LogP contribution is 2.40. The van der Waals surface area contributed by atoms with Gasteiger partial charge in [-0.25, -0.2) is 14.6 Å². The van der Waals surface area contributed by atoms with E-state index in [-0.39, 0.29) is 6.42 Å².